The molecule has 2 aromatic carbocycles. The fourth-order valence-corrected chi connectivity index (χ4v) is 5.43. The molecule has 0 aromatic heterocycles. The number of hydrogen-bond acceptors (Lipinski definition) is 5. The molecule has 0 spiro atoms. The van der Waals surface area contributed by atoms with E-state index in [0.29, 0.717) is 0 Å². The maximum Gasteiger partial charge on any atom is 0.204 e. The second kappa shape index (κ2) is 7.56. The summed E-state index contributed by atoms with van der Waals surface area (Å²) in [4.78, 5) is 2.19. The molecule has 0 fully saturated rings. The van der Waals surface area contributed by atoms with E-state index in [-0.39, 0.29) is 26.9 Å². The third kappa shape index (κ3) is 4.03. The first-order valence-electron chi connectivity index (χ1n) is 7.54. The zero-order valence-corrected chi connectivity index (χ0v) is 15.7. The fraction of sp³-hybridized carbons (Fsp3) is 0.0526. The van der Waals surface area contributed by atoms with Gasteiger partial charge in [0.15, 0.2) is 0 Å². The molecule has 0 unspecified atom stereocenters. The third-order valence-corrected chi connectivity index (χ3v) is 7.23. The van der Waals surface area contributed by atoms with Gasteiger partial charge in [0.2, 0.25) is 9.84 Å². The summed E-state index contributed by atoms with van der Waals surface area (Å²) in [6.45, 7) is 0. The van der Waals surface area contributed by atoms with Crippen LogP contribution in [0.1, 0.15) is 6.42 Å². The van der Waals surface area contributed by atoms with Gasteiger partial charge in [0, 0.05) is 11.3 Å². The lowest BCUT2D eigenvalue weighted by molar-refractivity contribution is 0.430. The Morgan fingerprint density at radius 3 is 2.16 bits per heavy atom. The van der Waals surface area contributed by atoms with Gasteiger partial charge in [0.25, 0.3) is 0 Å². The van der Waals surface area contributed by atoms with E-state index < -0.39 is 9.84 Å². The molecule has 0 heterocycles. The first kappa shape index (κ1) is 17.9. The van der Waals surface area contributed by atoms with Crippen LogP contribution in [0, 0.1) is 0 Å². The number of thiol groups is 1. The van der Waals surface area contributed by atoms with E-state index >= 15 is 0 Å². The fourth-order valence-electron chi connectivity index (χ4n) is 2.37. The molecule has 0 aliphatic heterocycles. The summed E-state index contributed by atoms with van der Waals surface area (Å²) in [6.07, 6.45) is 3.40. The van der Waals surface area contributed by atoms with Crippen LogP contribution in [-0.2, 0) is 9.84 Å². The van der Waals surface area contributed by atoms with E-state index in [0.717, 1.165) is 9.80 Å². The Kier molecular flexibility index (Phi) is 5.42. The van der Waals surface area contributed by atoms with Crippen molar-refractivity contribution in [2.24, 2.45) is 0 Å². The largest absolute Gasteiger partial charge is 0.507 e. The van der Waals surface area contributed by atoms with Crippen molar-refractivity contribution in [1.82, 2.24) is 0 Å². The Balaban J connectivity index is 2.00. The van der Waals surface area contributed by atoms with Gasteiger partial charge in [0.1, 0.15) is 5.76 Å². The number of thioether (sulfide) groups is 1. The van der Waals surface area contributed by atoms with Crippen molar-refractivity contribution in [3.63, 3.8) is 0 Å². The van der Waals surface area contributed by atoms with Gasteiger partial charge in [-0.2, -0.15) is 0 Å². The summed E-state index contributed by atoms with van der Waals surface area (Å²) >= 11 is 5.74. The smallest absolute Gasteiger partial charge is 0.204 e. The van der Waals surface area contributed by atoms with Crippen molar-refractivity contribution in [3.8, 4) is 0 Å². The minimum Gasteiger partial charge on any atom is -0.507 e. The maximum atomic E-state index is 13.0. The zero-order chi connectivity index (χ0) is 17.9. The molecule has 2 aromatic rings. The highest BCUT2D eigenvalue weighted by Crippen LogP contribution is 2.39. The third-order valence-electron chi connectivity index (χ3n) is 3.64. The van der Waals surface area contributed by atoms with Crippen LogP contribution in [0.25, 0.3) is 0 Å². The van der Waals surface area contributed by atoms with Gasteiger partial charge in [-0.15, -0.1) is 12.6 Å². The number of benzene rings is 2. The van der Waals surface area contributed by atoms with E-state index in [9.17, 15) is 13.5 Å². The highest BCUT2D eigenvalue weighted by Gasteiger charge is 2.27. The van der Waals surface area contributed by atoms with Gasteiger partial charge in [0.05, 0.1) is 14.7 Å². The van der Waals surface area contributed by atoms with Crippen LogP contribution in [0.2, 0.25) is 0 Å². The second-order valence-electron chi connectivity index (χ2n) is 5.37. The molecule has 3 rings (SSSR count). The summed E-state index contributed by atoms with van der Waals surface area (Å²) in [5.74, 6) is -0.151. The number of rotatable bonds is 4. The molecule has 25 heavy (non-hydrogen) atoms. The first-order valence-corrected chi connectivity index (χ1v) is 10.3. The number of allylic oxidation sites excluding steroid dienone is 4. The Hall–Kier alpha value is -1.89. The van der Waals surface area contributed by atoms with Gasteiger partial charge >= 0.3 is 0 Å². The van der Waals surface area contributed by atoms with E-state index in [2.05, 4.69) is 12.6 Å². The van der Waals surface area contributed by atoms with E-state index in [1.807, 2.05) is 30.3 Å². The van der Waals surface area contributed by atoms with Gasteiger partial charge in [-0.3, -0.25) is 0 Å². The average molecular weight is 389 g/mol. The standard InChI is InChI=1S/C19H16O3S3/c20-17-12-11-15(24-14-7-3-1-4-8-14)13-18(19(17)23)25(21,22)16-9-5-2-6-10-16/h1-12,20,23H,13H2. The predicted molar refractivity (Wildman–Crippen MR) is 105 cm³/mol. The number of sulfone groups is 1. The Labute approximate surface area is 157 Å². The molecule has 1 aliphatic rings. The molecule has 128 valence electrons. The van der Waals surface area contributed by atoms with Gasteiger partial charge in [-0.1, -0.05) is 48.2 Å². The van der Waals surface area contributed by atoms with Crippen LogP contribution < -0.4 is 0 Å². The van der Waals surface area contributed by atoms with Gasteiger partial charge < -0.3 is 5.11 Å². The second-order valence-corrected chi connectivity index (χ2v) is 8.98. The van der Waals surface area contributed by atoms with Crippen molar-refractivity contribution in [2.45, 2.75) is 16.2 Å². The highest BCUT2D eigenvalue weighted by molar-refractivity contribution is 8.03. The molecule has 0 atom stereocenters. The van der Waals surface area contributed by atoms with Crippen molar-refractivity contribution in [1.29, 1.82) is 0 Å². The van der Waals surface area contributed by atoms with Crippen LogP contribution in [0.4, 0.5) is 0 Å². The lowest BCUT2D eigenvalue weighted by Crippen LogP contribution is -2.07. The first-order chi connectivity index (χ1) is 12.0. The summed E-state index contributed by atoms with van der Waals surface area (Å²) in [5, 5.41) is 10.1. The summed E-state index contributed by atoms with van der Waals surface area (Å²) in [6, 6.07) is 17.9. The zero-order valence-electron chi connectivity index (χ0n) is 13.2. The maximum absolute atomic E-state index is 13.0. The Morgan fingerprint density at radius 2 is 1.52 bits per heavy atom. The number of hydrogen-bond donors (Lipinski definition) is 2. The molecule has 6 heteroatoms. The molecule has 0 bridgehead atoms. The van der Waals surface area contributed by atoms with E-state index in [4.69, 9.17) is 0 Å². The minimum atomic E-state index is -3.74. The monoisotopic (exact) mass is 388 g/mol. The van der Waals surface area contributed by atoms with Crippen LogP contribution >= 0.6 is 24.4 Å². The van der Waals surface area contributed by atoms with Crippen molar-refractivity contribution in [3.05, 3.63) is 93.3 Å². The molecule has 0 saturated heterocycles. The lowest BCUT2D eigenvalue weighted by atomic mass is 10.3. The molecular formula is C19H16O3S3. The van der Waals surface area contributed by atoms with Crippen LogP contribution in [0.3, 0.4) is 0 Å². The molecule has 3 nitrogen and oxygen atoms in total. The normalized spacial score (nSPS) is 15.4. The Bertz CT molecular complexity index is 957. The summed E-state index contributed by atoms with van der Waals surface area (Å²) in [7, 11) is -3.74. The Morgan fingerprint density at radius 1 is 0.920 bits per heavy atom. The molecule has 0 saturated carbocycles. The van der Waals surface area contributed by atoms with E-state index in [1.165, 1.54) is 17.8 Å². The molecular weight excluding hydrogens is 372 g/mol. The average Bonchev–Trinajstić information content (AvgIpc) is 2.77. The molecule has 1 N–H and O–H groups in total. The SMILES string of the molecule is O=S(=O)(C1=C(S)C(O)=CC=C(Sc2ccccc2)C1)c1ccccc1. The number of aliphatic hydroxyl groups is 1. The number of aliphatic hydroxyl groups excluding tert-OH is 1. The van der Waals surface area contributed by atoms with Crippen molar-refractivity contribution >= 4 is 34.2 Å². The topological polar surface area (TPSA) is 54.4 Å². The minimum absolute atomic E-state index is 0.0868. The van der Waals surface area contributed by atoms with Crippen molar-refractivity contribution in [2.75, 3.05) is 0 Å². The van der Waals surface area contributed by atoms with Crippen LogP contribution in [0.15, 0.2) is 103 Å². The van der Waals surface area contributed by atoms with Gasteiger partial charge in [-0.25, -0.2) is 8.42 Å². The quantitative estimate of drug-likeness (QED) is 0.714. The molecule has 0 radical (unpaired) electrons. The lowest BCUT2D eigenvalue weighted by Gasteiger charge is -2.13. The van der Waals surface area contributed by atoms with Crippen molar-refractivity contribution < 1.29 is 13.5 Å². The van der Waals surface area contributed by atoms with Crippen LogP contribution in [-0.4, -0.2) is 13.5 Å². The summed E-state index contributed by atoms with van der Waals surface area (Å²) in [5.41, 5.74) is 0. The van der Waals surface area contributed by atoms with Gasteiger partial charge in [-0.05, 0) is 41.3 Å². The van der Waals surface area contributed by atoms with Crippen LogP contribution in [0.5, 0.6) is 0 Å². The van der Waals surface area contributed by atoms with E-state index in [1.54, 1.807) is 36.4 Å². The highest BCUT2D eigenvalue weighted by atomic mass is 32.2. The molecule has 1 aliphatic carbocycles. The molecule has 0 amide bonds. The predicted octanol–water partition coefficient (Wildman–Crippen LogP) is 5.12. The summed E-state index contributed by atoms with van der Waals surface area (Å²) < 4.78 is 26.0.